The molecule has 0 heterocycles. The van der Waals surface area contributed by atoms with E-state index in [0.717, 1.165) is 5.56 Å². The number of ether oxygens (including phenoxy) is 4. The number of carbonyl (C=O) groups excluding carboxylic acids is 1. The molecule has 1 N–H and O–H groups in total. The summed E-state index contributed by atoms with van der Waals surface area (Å²) in [6.45, 7) is 6.94. The fraction of sp³-hybridized carbons (Fsp3) is 0.259. The van der Waals surface area contributed by atoms with Gasteiger partial charge in [-0.3, -0.25) is 14.9 Å². The second kappa shape index (κ2) is 13.8. The molecule has 3 rings (SSSR count). The Morgan fingerprint density at radius 3 is 2.24 bits per heavy atom. The van der Waals surface area contributed by atoms with Gasteiger partial charge in [0.25, 0.3) is 11.6 Å². The summed E-state index contributed by atoms with van der Waals surface area (Å²) in [6, 6.07) is 14.2. The van der Waals surface area contributed by atoms with Gasteiger partial charge in [0.1, 0.15) is 6.61 Å². The SMILES string of the molecule is CCOc1ccc(C(=O)N/N=C/c2cc(Cl)c(OCc3ccc([N+](=O)[O-])cc3)c(OCC)c2)cc1OCC. The van der Waals surface area contributed by atoms with Crippen molar-refractivity contribution in [2.45, 2.75) is 27.4 Å². The Kier molecular flexibility index (Phi) is 10.3. The van der Waals surface area contributed by atoms with Crippen LogP contribution in [-0.4, -0.2) is 36.9 Å². The predicted molar refractivity (Wildman–Crippen MR) is 144 cm³/mol. The summed E-state index contributed by atoms with van der Waals surface area (Å²) in [5.41, 5.74) is 4.14. The van der Waals surface area contributed by atoms with Crippen LogP contribution in [0.25, 0.3) is 0 Å². The predicted octanol–water partition coefficient (Wildman–Crippen LogP) is 5.79. The Morgan fingerprint density at radius 1 is 0.921 bits per heavy atom. The minimum absolute atomic E-state index is 0.00484. The van der Waals surface area contributed by atoms with Crippen LogP contribution in [0.5, 0.6) is 23.0 Å². The third kappa shape index (κ3) is 7.59. The second-order valence-electron chi connectivity index (χ2n) is 7.70. The van der Waals surface area contributed by atoms with Crippen LogP contribution in [0, 0.1) is 10.1 Å². The first-order valence-electron chi connectivity index (χ1n) is 11.9. The molecule has 0 aliphatic rings. The summed E-state index contributed by atoms with van der Waals surface area (Å²) in [4.78, 5) is 23.0. The van der Waals surface area contributed by atoms with Crippen molar-refractivity contribution in [3.63, 3.8) is 0 Å². The normalized spacial score (nSPS) is 10.7. The summed E-state index contributed by atoms with van der Waals surface area (Å²) in [5, 5.41) is 15.1. The molecule has 0 saturated heterocycles. The Balaban J connectivity index is 1.70. The van der Waals surface area contributed by atoms with Gasteiger partial charge >= 0.3 is 0 Å². The maximum Gasteiger partial charge on any atom is 0.271 e. The van der Waals surface area contributed by atoms with Crippen LogP contribution >= 0.6 is 11.6 Å². The smallest absolute Gasteiger partial charge is 0.271 e. The molecular formula is C27H28ClN3O7. The quantitative estimate of drug-likeness (QED) is 0.165. The van der Waals surface area contributed by atoms with E-state index in [9.17, 15) is 14.9 Å². The Labute approximate surface area is 225 Å². The molecule has 0 fully saturated rings. The topological polar surface area (TPSA) is 122 Å². The van der Waals surface area contributed by atoms with Crippen molar-refractivity contribution >= 4 is 29.4 Å². The molecule has 0 aromatic heterocycles. The number of rotatable bonds is 13. The zero-order valence-electron chi connectivity index (χ0n) is 21.2. The van der Waals surface area contributed by atoms with E-state index in [-0.39, 0.29) is 17.3 Å². The lowest BCUT2D eigenvalue weighted by molar-refractivity contribution is -0.384. The number of non-ortho nitro benzene ring substituents is 1. The largest absolute Gasteiger partial charge is 0.490 e. The van der Waals surface area contributed by atoms with Crippen molar-refractivity contribution in [2.75, 3.05) is 19.8 Å². The summed E-state index contributed by atoms with van der Waals surface area (Å²) >= 11 is 6.46. The van der Waals surface area contributed by atoms with E-state index in [0.29, 0.717) is 53.9 Å². The van der Waals surface area contributed by atoms with Gasteiger partial charge in [0.2, 0.25) is 0 Å². The molecule has 0 aliphatic heterocycles. The Morgan fingerprint density at radius 2 is 1.58 bits per heavy atom. The Bertz CT molecular complexity index is 1300. The number of hydrazone groups is 1. The van der Waals surface area contributed by atoms with Gasteiger partial charge < -0.3 is 18.9 Å². The highest BCUT2D eigenvalue weighted by Gasteiger charge is 2.14. The average Bonchev–Trinajstić information content (AvgIpc) is 2.90. The van der Waals surface area contributed by atoms with Crippen LogP contribution in [0.2, 0.25) is 5.02 Å². The third-order valence-corrected chi connectivity index (χ3v) is 5.33. The number of amides is 1. The summed E-state index contributed by atoms with van der Waals surface area (Å²) in [6.07, 6.45) is 1.43. The number of benzene rings is 3. The van der Waals surface area contributed by atoms with E-state index in [4.69, 9.17) is 30.5 Å². The van der Waals surface area contributed by atoms with E-state index in [1.54, 1.807) is 42.5 Å². The highest BCUT2D eigenvalue weighted by Crippen LogP contribution is 2.37. The van der Waals surface area contributed by atoms with Gasteiger partial charge in [0.15, 0.2) is 23.0 Å². The van der Waals surface area contributed by atoms with Crippen molar-refractivity contribution in [3.8, 4) is 23.0 Å². The Hall–Kier alpha value is -4.31. The lowest BCUT2D eigenvalue weighted by atomic mass is 10.2. The van der Waals surface area contributed by atoms with Crippen LogP contribution in [-0.2, 0) is 6.61 Å². The second-order valence-corrected chi connectivity index (χ2v) is 8.11. The van der Waals surface area contributed by atoms with Gasteiger partial charge in [-0.05, 0) is 74.4 Å². The molecule has 200 valence electrons. The van der Waals surface area contributed by atoms with Gasteiger partial charge in [0, 0.05) is 17.7 Å². The van der Waals surface area contributed by atoms with E-state index in [1.807, 2.05) is 20.8 Å². The molecule has 38 heavy (non-hydrogen) atoms. The summed E-state index contributed by atoms with van der Waals surface area (Å²) in [7, 11) is 0. The van der Waals surface area contributed by atoms with Gasteiger partial charge in [0.05, 0.1) is 36.0 Å². The number of carbonyl (C=O) groups is 1. The van der Waals surface area contributed by atoms with Crippen molar-refractivity contribution < 1.29 is 28.7 Å². The van der Waals surface area contributed by atoms with Crippen molar-refractivity contribution in [1.29, 1.82) is 0 Å². The van der Waals surface area contributed by atoms with Gasteiger partial charge in [-0.25, -0.2) is 5.43 Å². The highest BCUT2D eigenvalue weighted by molar-refractivity contribution is 6.32. The number of hydrogen-bond donors (Lipinski definition) is 1. The molecule has 3 aromatic rings. The van der Waals surface area contributed by atoms with Crippen LogP contribution in [0.1, 0.15) is 42.3 Å². The molecule has 1 amide bonds. The number of hydrogen-bond acceptors (Lipinski definition) is 8. The maximum absolute atomic E-state index is 12.6. The van der Waals surface area contributed by atoms with Crippen molar-refractivity contribution in [1.82, 2.24) is 5.43 Å². The zero-order chi connectivity index (χ0) is 27.5. The third-order valence-electron chi connectivity index (χ3n) is 5.05. The summed E-state index contributed by atoms with van der Waals surface area (Å²) < 4.78 is 22.6. The van der Waals surface area contributed by atoms with E-state index in [1.165, 1.54) is 18.3 Å². The minimum atomic E-state index is -0.465. The molecule has 0 atom stereocenters. The number of nitro groups is 1. The first-order valence-corrected chi connectivity index (χ1v) is 12.3. The zero-order valence-corrected chi connectivity index (χ0v) is 22.0. The molecule has 3 aromatic carbocycles. The number of nitrogens with zero attached hydrogens (tertiary/aromatic N) is 2. The lowest BCUT2D eigenvalue weighted by Gasteiger charge is -2.14. The van der Waals surface area contributed by atoms with Gasteiger partial charge in [-0.1, -0.05) is 11.6 Å². The fourth-order valence-electron chi connectivity index (χ4n) is 3.36. The van der Waals surface area contributed by atoms with Gasteiger partial charge in [-0.2, -0.15) is 5.10 Å². The lowest BCUT2D eigenvalue weighted by Crippen LogP contribution is -2.17. The van der Waals surface area contributed by atoms with E-state index >= 15 is 0 Å². The number of halogens is 1. The minimum Gasteiger partial charge on any atom is -0.490 e. The maximum atomic E-state index is 12.6. The van der Waals surface area contributed by atoms with Crippen LogP contribution in [0.3, 0.4) is 0 Å². The molecule has 0 unspecified atom stereocenters. The molecule has 0 spiro atoms. The van der Waals surface area contributed by atoms with Crippen LogP contribution in [0.15, 0.2) is 59.7 Å². The molecule has 0 aliphatic carbocycles. The standard InChI is InChI=1S/C27H28ClN3O7/c1-4-35-23-12-9-20(15-24(23)36-5-2)27(32)30-29-16-19-13-22(28)26(25(14-19)37-6-3)38-17-18-7-10-21(11-8-18)31(33)34/h7-16H,4-6,17H2,1-3H3,(H,30,32)/b29-16+. The summed E-state index contributed by atoms with van der Waals surface area (Å²) in [5.74, 6) is 1.32. The number of nitrogens with one attached hydrogen (secondary N) is 1. The highest BCUT2D eigenvalue weighted by atomic mass is 35.5. The fourth-order valence-corrected chi connectivity index (χ4v) is 3.63. The van der Waals surface area contributed by atoms with Gasteiger partial charge in [-0.15, -0.1) is 0 Å². The molecule has 0 saturated carbocycles. The van der Waals surface area contributed by atoms with E-state index in [2.05, 4.69) is 10.5 Å². The monoisotopic (exact) mass is 541 g/mol. The first kappa shape index (κ1) is 28.3. The molecular weight excluding hydrogens is 514 g/mol. The molecule has 0 radical (unpaired) electrons. The average molecular weight is 542 g/mol. The molecule has 0 bridgehead atoms. The van der Waals surface area contributed by atoms with Crippen molar-refractivity contribution in [2.24, 2.45) is 5.10 Å². The van der Waals surface area contributed by atoms with Crippen LogP contribution < -0.4 is 24.4 Å². The van der Waals surface area contributed by atoms with Crippen molar-refractivity contribution in [3.05, 3.63) is 86.4 Å². The van der Waals surface area contributed by atoms with E-state index < -0.39 is 10.8 Å². The van der Waals surface area contributed by atoms with Crippen LogP contribution in [0.4, 0.5) is 5.69 Å². The molecule has 10 nitrogen and oxygen atoms in total. The number of nitro benzene ring substituents is 1. The molecule has 11 heteroatoms. The first-order chi connectivity index (χ1) is 18.4.